The predicted molar refractivity (Wildman–Crippen MR) is 151 cm³/mol. The van der Waals surface area contributed by atoms with Crippen LogP contribution in [0.4, 0.5) is 8.78 Å². The lowest BCUT2D eigenvalue weighted by atomic mass is 9.99. The maximum Gasteiger partial charge on any atom is 0.149 e. The fourth-order valence-corrected chi connectivity index (χ4v) is 12.7. The summed E-state index contributed by atoms with van der Waals surface area (Å²) in [6, 6.07) is 6.17. The van der Waals surface area contributed by atoms with Crippen LogP contribution in [-0.4, -0.2) is 50.3 Å². The van der Waals surface area contributed by atoms with Gasteiger partial charge >= 0.3 is 0 Å². The lowest BCUT2D eigenvalue weighted by Crippen LogP contribution is -2.60. The first-order valence-corrected chi connectivity index (χ1v) is 18.6. The van der Waals surface area contributed by atoms with E-state index in [1.807, 2.05) is 20.8 Å². The normalized spacial score (nSPS) is 25.5. The van der Waals surface area contributed by atoms with Crippen molar-refractivity contribution in [2.45, 2.75) is 94.5 Å². The van der Waals surface area contributed by atoms with Crippen molar-refractivity contribution >= 4 is 50.3 Å². The van der Waals surface area contributed by atoms with E-state index in [1.165, 1.54) is 0 Å². The Morgan fingerprint density at radius 1 is 1.33 bits per heavy atom. The molecule has 12 heteroatoms. The van der Waals surface area contributed by atoms with Crippen molar-refractivity contribution < 1.29 is 17.5 Å². The Kier molecular flexibility index (Phi) is 10.2. The molecule has 1 aromatic rings. The van der Waals surface area contributed by atoms with Gasteiger partial charge in [-0.05, 0) is 67.7 Å². The van der Waals surface area contributed by atoms with Gasteiger partial charge in [0.15, 0.2) is 0 Å². The molecule has 0 saturated carbocycles. The van der Waals surface area contributed by atoms with Crippen LogP contribution in [0.15, 0.2) is 15.0 Å². The van der Waals surface area contributed by atoms with E-state index < -0.39 is 62.4 Å². The standard InChI is InChI=1S/C24H39BrF2N4O2S2Si/c1-8-36(9-2,10-3)18-14-19(25)30-21(20(18)27)24(15-26,31-34(32)22(4,5)6)17-35(33)23(7,16-28)12-11-13-29-35/h14,31H,8-13,15,17H2,1-7H3/t23-,24+,34?,35+/m1/s1. The van der Waals surface area contributed by atoms with E-state index in [1.54, 1.807) is 33.8 Å². The van der Waals surface area contributed by atoms with Gasteiger partial charge in [-0.3, -0.25) is 0 Å². The van der Waals surface area contributed by atoms with Crippen molar-refractivity contribution in [1.29, 1.82) is 5.26 Å². The Bertz CT molecular complexity index is 1110. The molecule has 2 rings (SSSR count). The summed E-state index contributed by atoms with van der Waals surface area (Å²) in [4.78, 5) is 4.38. The number of aromatic nitrogens is 1. The summed E-state index contributed by atoms with van der Waals surface area (Å²) in [5, 5.41) is 10.4. The molecule has 204 valence electrons. The first-order valence-electron chi connectivity index (χ1n) is 12.4. The Balaban J connectivity index is 2.92. The molecule has 1 aliphatic rings. The number of nitrogens with one attached hydrogen (secondary N) is 1. The highest BCUT2D eigenvalue weighted by Gasteiger charge is 2.52. The summed E-state index contributed by atoms with van der Waals surface area (Å²) >= 11 is 1.55. The van der Waals surface area contributed by atoms with E-state index in [2.05, 4.69) is 36.1 Å². The second kappa shape index (κ2) is 11.7. The van der Waals surface area contributed by atoms with E-state index in [0.717, 1.165) is 18.1 Å². The van der Waals surface area contributed by atoms with Gasteiger partial charge in [-0.1, -0.05) is 38.9 Å². The molecule has 0 aromatic carbocycles. The summed E-state index contributed by atoms with van der Waals surface area (Å²) in [6.07, 6.45) is 0.907. The molecular formula is C24H39BrF2N4O2S2Si. The minimum absolute atomic E-state index is 0.261. The molecule has 4 atom stereocenters. The molecule has 36 heavy (non-hydrogen) atoms. The summed E-state index contributed by atoms with van der Waals surface area (Å²) < 4.78 is 64.8. The van der Waals surface area contributed by atoms with E-state index in [0.29, 0.717) is 22.6 Å². The fourth-order valence-electron chi connectivity index (χ4n) is 4.72. The molecule has 0 fully saturated rings. The SMILES string of the molecule is CC[Si](CC)(CC)c1cc(Br)nc([C@](CF)(C[S@@]2(=O)=NCCC[C@]2(C)C#N)N[S+]([O-])C(C)(C)C)c1F. The molecule has 1 N–H and O–H groups in total. The van der Waals surface area contributed by atoms with Crippen LogP contribution in [0.2, 0.25) is 18.1 Å². The molecule has 1 unspecified atom stereocenters. The van der Waals surface area contributed by atoms with E-state index in [-0.39, 0.29) is 12.2 Å². The van der Waals surface area contributed by atoms with Crippen LogP contribution >= 0.6 is 15.9 Å². The zero-order valence-electron chi connectivity index (χ0n) is 22.3. The zero-order chi connectivity index (χ0) is 27.6. The van der Waals surface area contributed by atoms with Crippen LogP contribution in [0.3, 0.4) is 0 Å². The molecule has 0 amide bonds. The van der Waals surface area contributed by atoms with Gasteiger partial charge in [0.05, 0.1) is 29.6 Å². The van der Waals surface area contributed by atoms with Gasteiger partial charge < -0.3 is 4.55 Å². The van der Waals surface area contributed by atoms with Crippen molar-refractivity contribution in [3.05, 3.63) is 22.2 Å². The summed E-state index contributed by atoms with van der Waals surface area (Å²) in [6.45, 7) is 11.8. The Labute approximate surface area is 228 Å². The number of hydrogen-bond donors (Lipinski definition) is 1. The quantitative estimate of drug-likeness (QED) is 0.212. The maximum absolute atomic E-state index is 16.5. The average Bonchev–Trinajstić information content (AvgIpc) is 2.83. The lowest BCUT2D eigenvalue weighted by Gasteiger charge is -2.40. The van der Waals surface area contributed by atoms with Gasteiger partial charge in [0.1, 0.15) is 37.8 Å². The topological polar surface area (TPSA) is 101 Å². The predicted octanol–water partition coefficient (Wildman–Crippen LogP) is 5.46. The average molecular weight is 626 g/mol. The van der Waals surface area contributed by atoms with E-state index >= 15 is 8.78 Å². The minimum Gasteiger partial charge on any atom is -0.598 e. The lowest BCUT2D eigenvalue weighted by molar-refractivity contribution is 0.292. The molecule has 0 radical (unpaired) electrons. The molecule has 1 aromatic heterocycles. The van der Waals surface area contributed by atoms with Gasteiger partial charge in [0.2, 0.25) is 0 Å². The van der Waals surface area contributed by atoms with Crippen LogP contribution in [0.5, 0.6) is 0 Å². The van der Waals surface area contributed by atoms with Gasteiger partial charge in [0.25, 0.3) is 0 Å². The number of alkyl halides is 1. The second-order valence-corrected chi connectivity index (χ2v) is 21.5. The summed E-state index contributed by atoms with van der Waals surface area (Å²) in [5.41, 5.74) is -2.27. The molecule has 2 heterocycles. The molecular weight excluding hydrogens is 586 g/mol. The third kappa shape index (κ3) is 5.86. The molecule has 0 aliphatic carbocycles. The van der Waals surface area contributed by atoms with E-state index in [4.69, 9.17) is 0 Å². The number of hydrogen-bond acceptors (Lipinski definition) is 6. The maximum atomic E-state index is 16.5. The van der Waals surface area contributed by atoms with Crippen LogP contribution in [0, 0.1) is 17.1 Å². The summed E-state index contributed by atoms with van der Waals surface area (Å²) in [7, 11) is -5.66. The van der Waals surface area contributed by atoms with Gasteiger partial charge in [-0.2, -0.15) is 5.26 Å². The van der Waals surface area contributed by atoms with Crippen LogP contribution in [0.25, 0.3) is 0 Å². The van der Waals surface area contributed by atoms with Crippen molar-refractivity contribution in [2.75, 3.05) is 19.0 Å². The van der Waals surface area contributed by atoms with Gasteiger partial charge in [-0.15, -0.1) is 4.72 Å². The number of rotatable bonds is 10. The van der Waals surface area contributed by atoms with Gasteiger partial charge in [0, 0.05) is 17.9 Å². The third-order valence-corrected chi connectivity index (χ3v) is 18.4. The molecule has 0 bridgehead atoms. The number of halogens is 3. The first-order chi connectivity index (χ1) is 16.6. The molecule has 0 saturated heterocycles. The Morgan fingerprint density at radius 3 is 2.39 bits per heavy atom. The Morgan fingerprint density at radius 2 is 1.92 bits per heavy atom. The van der Waals surface area contributed by atoms with Crippen molar-refractivity contribution in [3.63, 3.8) is 0 Å². The zero-order valence-corrected chi connectivity index (χ0v) is 26.6. The first kappa shape index (κ1) is 31.6. The minimum atomic E-state index is -3.37. The highest BCUT2D eigenvalue weighted by Crippen LogP contribution is 2.37. The van der Waals surface area contributed by atoms with Gasteiger partial charge in [-0.25, -0.2) is 22.3 Å². The largest absolute Gasteiger partial charge is 0.598 e. The second-order valence-electron chi connectivity index (χ2n) is 10.8. The summed E-state index contributed by atoms with van der Waals surface area (Å²) in [5.74, 6) is -1.16. The van der Waals surface area contributed by atoms with Crippen LogP contribution < -0.4 is 9.91 Å². The highest BCUT2D eigenvalue weighted by atomic mass is 79.9. The van der Waals surface area contributed by atoms with E-state index in [9.17, 15) is 14.0 Å². The van der Waals surface area contributed by atoms with Crippen molar-refractivity contribution in [3.8, 4) is 6.07 Å². The monoisotopic (exact) mass is 624 g/mol. The van der Waals surface area contributed by atoms with Crippen molar-refractivity contribution in [2.24, 2.45) is 4.36 Å². The number of nitriles is 1. The van der Waals surface area contributed by atoms with Crippen LogP contribution in [0.1, 0.15) is 67.0 Å². The highest BCUT2D eigenvalue weighted by molar-refractivity contribution is 9.10. The number of nitrogens with zero attached hydrogens (tertiary/aromatic N) is 3. The Hall–Kier alpha value is -0.583. The smallest absolute Gasteiger partial charge is 0.149 e. The third-order valence-electron chi connectivity index (χ3n) is 7.55. The number of pyridine rings is 1. The molecule has 6 nitrogen and oxygen atoms in total. The molecule has 1 aliphatic heterocycles. The fraction of sp³-hybridized carbons (Fsp3) is 0.750. The van der Waals surface area contributed by atoms with Crippen molar-refractivity contribution in [1.82, 2.24) is 9.71 Å². The molecule has 0 spiro atoms. The van der Waals surface area contributed by atoms with Crippen LogP contribution in [-0.2, 0) is 26.6 Å².